The first-order valence-corrected chi connectivity index (χ1v) is 9.07. The molecular weight excluding hydrogens is 336 g/mol. The third-order valence-electron chi connectivity index (χ3n) is 4.53. The van der Waals surface area contributed by atoms with Crippen molar-refractivity contribution in [3.8, 4) is 5.75 Å². The Morgan fingerprint density at radius 2 is 1.93 bits per heavy atom. The van der Waals surface area contributed by atoms with Gasteiger partial charge < -0.3 is 13.7 Å². The molecule has 0 radical (unpaired) electrons. The molecule has 0 N–H and O–H groups in total. The van der Waals surface area contributed by atoms with E-state index in [1.54, 1.807) is 6.26 Å². The summed E-state index contributed by atoms with van der Waals surface area (Å²) in [6.45, 7) is 5.45. The van der Waals surface area contributed by atoms with Crippen LogP contribution in [0.1, 0.15) is 22.7 Å². The Kier molecular flexibility index (Phi) is 4.79. The van der Waals surface area contributed by atoms with Crippen LogP contribution in [0.3, 0.4) is 0 Å². The van der Waals surface area contributed by atoms with E-state index in [1.807, 2.05) is 48.6 Å². The predicted molar refractivity (Wildman–Crippen MR) is 109 cm³/mol. The molecule has 27 heavy (non-hydrogen) atoms. The maximum Gasteiger partial charge on any atom is 0.134 e. The van der Waals surface area contributed by atoms with Crippen LogP contribution in [0.5, 0.6) is 5.75 Å². The molecule has 4 aromatic rings. The van der Waals surface area contributed by atoms with Crippen molar-refractivity contribution in [3.63, 3.8) is 0 Å². The Bertz CT molecular complexity index is 1080. The number of para-hydroxylation sites is 2. The summed E-state index contributed by atoms with van der Waals surface area (Å²) in [5.41, 5.74) is 4.47. The second-order valence-corrected chi connectivity index (χ2v) is 6.58. The first-order valence-electron chi connectivity index (χ1n) is 9.07. The van der Waals surface area contributed by atoms with Gasteiger partial charge in [0.25, 0.3) is 0 Å². The smallest absolute Gasteiger partial charge is 0.134 e. The lowest BCUT2D eigenvalue weighted by atomic mass is 10.1. The minimum absolute atomic E-state index is 0.575. The van der Waals surface area contributed by atoms with Crippen LogP contribution in [0.25, 0.3) is 23.2 Å². The van der Waals surface area contributed by atoms with E-state index in [0.29, 0.717) is 13.2 Å². The van der Waals surface area contributed by atoms with Gasteiger partial charge in [-0.2, -0.15) is 0 Å². The molecule has 4 rings (SSSR count). The molecule has 136 valence electrons. The Morgan fingerprint density at radius 1 is 1.04 bits per heavy atom. The summed E-state index contributed by atoms with van der Waals surface area (Å²) < 4.78 is 13.6. The third-order valence-corrected chi connectivity index (χ3v) is 4.53. The number of ether oxygens (including phenoxy) is 1. The second-order valence-electron chi connectivity index (χ2n) is 6.58. The lowest BCUT2D eigenvalue weighted by Crippen LogP contribution is -2.10. The quantitative estimate of drug-likeness (QED) is 0.457. The third kappa shape index (κ3) is 3.80. The summed E-state index contributed by atoms with van der Waals surface area (Å²) in [6, 6.07) is 18.2. The molecule has 0 aliphatic carbocycles. The Labute approximate surface area is 158 Å². The molecule has 0 unspecified atom stereocenters. The normalized spacial score (nSPS) is 11.5. The number of imidazole rings is 1. The monoisotopic (exact) mass is 358 g/mol. The molecule has 4 nitrogen and oxygen atoms in total. The van der Waals surface area contributed by atoms with Gasteiger partial charge in [0.15, 0.2) is 0 Å². The molecule has 2 aromatic heterocycles. The molecular formula is C23H22N2O2. The fourth-order valence-electron chi connectivity index (χ4n) is 3.21. The van der Waals surface area contributed by atoms with Crippen LogP contribution in [-0.4, -0.2) is 16.2 Å². The highest BCUT2D eigenvalue weighted by Gasteiger charge is 2.09. The van der Waals surface area contributed by atoms with Gasteiger partial charge in [0.2, 0.25) is 0 Å². The topological polar surface area (TPSA) is 40.2 Å². The van der Waals surface area contributed by atoms with E-state index in [-0.39, 0.29) is 0 Å². The van der Waals surface area contributed by atoms with Crippen molar-refractivity contribution < 1.29 is 9.15 Å². The van der Waals surface area contributed by atoms with E-state index in [4.69, 9.17) is 14.1 Å². The molecule has 0 saturated carbocycles. The number of hydrogen-bond acceptors (Lipinski definition) is 3. The lowest BCUT2D eigenvalue weighted by molar-refractivity contribution is 0.298. The van der Waals surface area contributed by atoms with Crippen molar-refractivity contribution >= 4 is 23.2 Å². The zero-order valence-electron chi connectivity index (χ0n) is 15.6. The highest BCUT2D eigenvalue weighted by molar-refractivity contribution is 5.79. The van der Waals surface area contributed by atoms with E-state index in [1.165, 1.54) is 5.56 Å². The van der Waals surface area contributed by atoms with Crippen molar-refractivity contribution in [1.82, 2.24) is 9.55 Å². The largest absolute Gasteiger partial charge is 0.491 e. The van der Waals surface area contributed by atoms with E-state index in [9.17, 15) is 0 Å². The Hall–Kier alpha value is -3.27. The first-order chi connectivity index (χ1) is 13.2. The fourth-order valence-corrected chi connectivity index (χ4v) is 3.21. The second kappa shape index (κ2) is 7.54. The summed E-state index contributed by atoms with van der Waals surface area (Å²) >= 11 is 0. The molecule has 2 heterocycles. The van der Waals surface area contributed by atoms with E-state index in [0.717, 1.165) is 33.9 Å². The standard InChI is InChI=1S/C23H22N2O2/c1-17-9-11-22(18(2)16-17)27-15-13-25-21-8-4-3-7-20(21)24-23(25)12-10-19-6-5-14-26-19/h3-12,14,16H,13,15H2,1-2H3/b12-10+. The van der Waals surface area contributed by atoms with Crippen molar-refractivity contribution in [2.45, 2.75) is 20.4 Å². The number of nitrogens with zero attached hydrogens (tertiary/aromatic N) is 2. The SMILES string of the molecule is Cc1ccc(OCCn2c(/C=C/c3ccco3)nc3ccccc32)c(C)c1. The number of fused-ring (bicyclic) bond motifs is 1. The van der Waals surface area contributed by atoms with Crippen LogP contribution in [-0.2, 0) is 6.54 Å². The summed E-state index contributed by atoms with van der Waals surface area (Å²) in [7, 11) is 0. The Balaban J connectivity index is 1.57. The number of aryl methyl sites for hydroxylation is 2. The van der Waals surface area contributed by atoms with Crippen LogP contribution in [0.4, 0.5) is 0 Å². The van der Waals surface area contributed by atoms with E-state index < -0.39 is 0 Å². The van der Waals surface area contributed by atoms with Gasteiger partial charge in [0, 0.05) is 0 Å². The van der Waals surface area contributed by atoms with Crippen molar-refractivity contribution in [2.75, 3.05) is 6.61 Å². The Morgan fingerprint density at radius 3 is 2.74 bits per heavy atom. The molecule has 2 aromatic carbocycles. The van der Waals surface area contributed by atoms with Crippen molar-refractivity contribution in [3.05, 3.63) is 83.6 Å². The van der Waals surface area contributed by atoms with E-state index >= 15 is 0 Å². The summed E-state index contributed by atoms with van der Waals surface area (Å²) in [5.74, 6) is 2.62. The molecule has 4 heteroatoms. The zero-order valence-corrected chi connectivity index (χ0v) is 15.6. The fraction of sp³-hybridized carbons (Fsp3) is 0.174. The van der Waals surface area contributed by atoms with Crippen LogP contribution >= 0.6 is 0 Å². The molecule has 0 spiro atoms. The molecule has 0 aliphatic rings. The minimum atomic E-state index is 0.575. The maximum atomic E-state index is 6.03. The van der Waals surface area contributed by atoms with Gasteiger partial charge >= 0.3 is 0 Å². The number of benzene rings is 2. The number of hydrogen-bond donors (Lipinski definition) is 0. The minimum Gasteiger partial charge on any atom is -0.491 e. The summed E-state index contributed by atoms with van der Waals surface area (Å²) in [4.78, 5) is 4.75. The molecule has 0 saturated heterocycles. The van der Waals surface area contributed by atoms with Gasteiger partial charge in [-0.05, 0) is 61.9 Å². The maximum absolute atomic E-state index is 6.03. The van der Waals surface area contributed by atoms with Crippen LogP contribution in [0.2, 0.25) is 0 Å². The van der Waals surface area contributed by atoms with Crippen molar-refractivity contribution in [2.24, 2.45) is 0 Å². The van der Waals surface area contributed by atoms with Gasteiger partial charge in [0.05, 0.1) is 23.8 Å². The zero-order chi connectivity index (χ0) is 18.6. The predicted octanol–water partition coefficient (Wildman–Crippen LogP) is 5.50. The highest BCUT2D eigenvalue weighted by atomic mass is 16.5. The number of aromatic nitrogens is 2. The summed E-state index contributed by atoms with van der Waals surface area (Å²) in [6.07, 6.45) is 5.58. The molecule has 0 aliphatic heterocycles. The van der Waals surface area contributed by atoms with E-state index in [2.05, 4.69) is 36.6 Å². The molecule has 0 amide bonds. The number of furan rings is 1. The van der Waals surface area contributed by atoms with Gasteiger partial charge in [-0.1, -0.05) is 29.8 Å². The average Bonchev–Trinajstić information content (AvgIpc) is 3.30. The molecule has 0 bridgehead atoms. The van der Waals surface area contributed by atoms with Crippen molar-refractivity contribution in [1.29, 1.82) is 0 Å². The highest BCUT2D eigenvalue weighted by Crippen LogP contribution is 2.21. The van der Waals surface area contributed by atoms with Gasteiger partial charge in [0.1, 0.15) is 23.9 Å². The van der Waals surface area contributed by atoms with Crippen LogP contribution in [0, 0.1) is 13.8 Å². The average molecular weight is 358 g/mol. The van der Waals surface area contributed by atoms with Crippen LogP contribution in [0.15, 0.2) is 65.3 Å². The molecule has 0 fully saturated rings. The number of rotatable bonds is 6. The van der Waals surface area contributed by atoms with Gasteiger partial charge in [-0.15, -0.1) is 0 Å². The van der Waals surface area contributed by atoms with Gasteiger partial charge in [-0.3, -0.25) is 0 Å². The van der Waals surface area contributed by atoms with Gasteiger partial charge in [-0.25, -0.2) is 4.98 Å². The lowest BCUT2D eigenvalue weighted by Gasteiger charge is -2.11. The van der Waals surface area contributed by atoms with Crippen LogP contribution < -0.4 is 4.74 Å². The first kappa shape index (κ1) is 17.2. The molecule has 0 atom stereocenters. The summed E-state index contributed by atoms with van der Waals surface area (Å²) in [5, 5.41) is 0.